The Morgan fingerprint density at radius 1 is 0.969 bits per heavy atom. The van der Waals surface area contributed by atoms with E-state index in [9.17, 15) is 14.9 Å². The summed E-state index contributed by atoms with van der Waals surface area (Å²) in [5.74, 6) is 0.567. The molecule has 8 nitrogen and oxygen atoms in total. The molecule has 0 unspecified atom stereocenters. The van der Waals surface area contributed by atoms with E-state index in [1.165, 1.54) is 12.3 Å². The molecule has 0 saturated carbocycles. The molecule has 2 amide bonds. The Balaban J connectivity index is 1.52. The van der Waals surface area contributed by atoms with E-state index >= 15 is 0 Å². The Morgan fingerprint density at radius 2 is 1.66 bits per heavy atom. The lowest BCUT2D eigenvalue weighted by atomic mass is 10.1. The summed E-state index contributed by atoms with van der Waals surface area (Å²) < 4.78 is 12.2. The molecule has 0 fully saturated rings. The molecule has 1 aromatic carbocycles. The lowest BCUT2D eigenvalue weighted by Gasteiger charge is -2.06. The van der Waals surface area contributed by atoms with Gasteiger partial charge in [0.05, 0.1) is 25.6 Å². The fourth-order valence-corrected chi connectivity index (χ4v) is 3.31. The molecule has 0 aliphatic heterocycles. The Labute approximate surface area is 183 Å². The second-order valence-electron chi connectivity index (χ2n) is 7.02. The van der Waals surface area contributed by atoms with Crippen LogP contribution in [-0.2, 0) is 29.2 Å². The predicted octanol–water partition coefficient (Wildman–Crippen LogP) is 3.37. The van der Waals surface area contributed by atoms with Crippen LogP contribution in [-0.4, -0.2) is 16.4 Å². The number of nitriles is 1. The van der Waals surface area contributed by atoms with Crippen LogP contribution in [0.4, 0.5) is 0 Å². The lowest BCUT2D eigenvalue weighted by molar-refractivity contribution is -0.122. The fraction of sp³-hybridized carbons (Fsp3) is 0.125. The number of nitrogens with one attached hydrogen (secondary N) is 2. The third-order valence-corrected chi connectivity index (χ3v) is 4.84. The molecule has 32 heavy (non-hydrogen) atoms. The van der Waals surface area contributed by atoms with Gasteiger partial charge in [0.25, 0.3) is 5.91 Å². The third-order valence-electron chi connectivity index (χ3n) is 4.84. The van der Waals surface area contributed by atoms with Gasteiger partial charge in [0.2, 0.25) is 5.91 Å². The van der Waals surface area contributed by atoms with Crippen LogP contribution in [0.5, 0.6) is 0 Å². The van der Waals surface area contributed by atoms with Crippen molar-refractivity contribution in [1.82, 2.24) is 15.2 Å². The van der Waals surface area contributed by atoms with Crippen molar-refractivity contribution >= 4 is 28.8 Å². The van der Waals surface area contributed by atoms with Crippen molar-refractivity contribution in [3.63, 3.8) is 0 Å². The van der Waals surface area contributed by atoms with Gasteiger partial charge in [-0.2, -0.15) is 5.26 Å². The molecule has 0 bridgehead atoms. The molecule has 0 aliphatic rings. The molecular weight excluding hydrogens is 408 g/mol. The summed E-state index contributed by atoms with van der Waals surface area (Å²) >= 11 is 0. The number of benzene rings is 1. The molecule has 4 rings (SSSR count). The first-order valence-electron chi connectivity index (χ1n) is 9.93. The number of rotatable bonds is 8. The van der Waals surface area contributed by atoms with Crippen molar-refractivity contribution in [1.29, 1.82) is 5.26 Å². The fourth-order valence-electron chi connectivity index (χ4n) is 3.31. The number of hydrogen-bond donors (Lipinski definition) is 2. The van der Waals surface area contributed by atoms with Crippen molar-refractivity contribution in [3.05, 3.63) is 89.9 Å². The minimum absolute atomic E-state index is 0.0401. The van der Waals surface area contributed by atoms with Crippen molar-refractivity contribution in [3.8, 4) is 6.07 Å². The van der Waals surface area contributed by atoms with E-state index in [0.717, 1.165) is 10.9 Å². The third kappa shape index (κ3) is 4.79. The van der Waals surface area contributed by atoms with Crippen molar-refractivity contribution in [2.75, 3.05) is 0 Å². The van der Waals surface area contributed by atoms with Crippen molar-refractivity contribution < 1.29 is 18.4 Å². The zero-order valence-electron chi connectivity index (χ0n) is 17.1. The maximum Gasteiger partial charge on any atom is 0.262 e. The molecule has 0 radical (unpaired) electrons. The largest absolute Gasteiger partial charge is 0.467 e. The van der Waals surface area contributed by atoms with E-state index in [4.69, 9.17) is 8.83 Å². The van der Waals surface area contributed by atoms with Gasteiger partial charge in [-0.1, -0.05) is 18.2 Å². The van der Waals surface area contributed by atoms with Crippen LogP contribution >= 0.6 is 0 Å². The Hall–Kier alpha value is -4.51. The zero-order valence-corrected chi connectivity index (χ0v) is 17.1. The van der Waals surface area contributed by atoms with Gasteiger partial charge in [-0.05, 0) is 36.4 Å². The summed E-state index contributed by atoms with van der Waals surface area (Å²) in [4.78, 5) is 24.9. The van der Waals surface area contributed by atoms with Crippen LogP contribution in [0.15, 0.2) is 81.7 Å². The monoisotopic (exact) mass is 428 g/mol. The maximum atomic E-state index is 12.5. The molecule has 0 atom stereocenters. The van der Waals surface area contributed by atoms with Crippen LogP contribution in [0, 0.1) is 11.3 Å². The van der Waals surface area contributed by atoms with Gasteiger partial charge in [0, 0.05) is 22.7 Å². The second kappa shape index (κ2) is 9.53. The molecule has 0 aliphatic carbocycles. The SMILES string of the molecule is N#CC(=Cc1cn(CC(=O)NCc2ccco2)c2ccccc12)C(=O)NCc1ccco1. The number of nitrogens with zero attached hydrogens (tertiary/aromatic N) is 2. The number of para-hydroxylation sites is 1. The quantitative estimate of drug-likeness (QED) is 0.330. The summed E-state index contributed by atoms with van der Waals surface area (Å²) in [6.45, 7) is 0.566. The van der Waals surface area contributed by atoms with Crippen LogP contribution < -0.4 is 10.6 Å². The van der Waals surface area contributed by atoms with E-state index in [0.29, 0.717) is 23.6 Å². The molecule has 4 aromatic rings. The molecule has 3 heterocycles. The molecule has 8 heteroatoms. The first-order chi connectivity index (χ1) is 15.6. The molecule has 0 saturated heterocycles. The standard InChI is InChI=1S/C24H20N4O4/c25-12-17(24(30)27-14-20-6-4-10-32-20)11-18-15-28(22-8-2-1-7-21(18)22)16-23(29)26-13-19-5-3-9-31-19/h1-11,15H,13-14,16H2,(H,26,29)(H,27,30). The van der Waals surface area contributed by atoms with Crippen LogP contribution in [0.3, 0.4) is 0 Å². The summed E-state index contributed by atoms with van der Waals surface area (Å²) in [5, 5.41) is 15.8. The van der Waals surface area contributed by atoms with Crippen LogP contribution in [0.2, 0.25) is 0 Å². The normalized spacial score (nSPS) is 11.3. The lowest BCUT2D eigenvalue weighted by Crippen LogP contribution is -2.26. The number of aromatic nitrogens is 1. The van der Waals surface area contributed by atoms with E-state index < -0.39 is 5.91 Å². The number of carbonyl (C=O) groups excluding carboxylic acids is 2. The van der Waals surface area contributed by atoms with Gasteiger partial charge in [-0.25, -0.2) is 0 Å². The van der Waals surface area contributed by atoms with E-state index in [-0.39, 0.29) is 24.6 Å². The Morgan fingerprint density at radius 3 is 2.31 bits per heavy atom. The van der Waals surface area contributed by atoms with Gasteiger partial charge in [0.1, 0.15) is 29.7 Å². The highest BCUT2D eigenvalue weighted by Gasteiger charge is 2.14. The highest BCUT2D eigenvalue weighted by molar-refractivity contribution is 6.04. The first kappa shape index (κ1) is 20.8. The van der Waals surface area contributed by atoms with E-state index in [1.807, 2.05) is 30.3 Å². The molecule has 0 spiro atoms. The van der Waals surface area contributed by atoms with Gasteiger partial charge in [0.15, 0.2) is 0 Å². The Bertz CT molecular complexity index is 1290. The summed E-state index contributed by atoms with van der Waals surface area (Å²) in [5.41, 5.74) is 1.45. The highest BCUT2D eigenvalue weighted by Crippen LogP contribution is 2.23. The molecule has 2 N–H and O–H groups in total. The summed E-state index contributed by atoms with van der Waals surface area (Å²) in [6, 6.07) is 16.5. The zero-order chi connectivity index (χ0) is 22.3. The van der Waals surface area contributed by atoms with Gasteiger partial charge in [-0.15, -0.1) is 0 Å². The number of furan rings is 2. The van der Waals surface area contributed by atoms with E-state index in [1.54, 1.807) is 41.3 Å². The van der Waals surface area contributed by atoms with Gasteiger partial charge in [-0.3, -0.25) is 9.59 Å². The summed E-state index contributed by atoms with van der Waals surface area (Å²) in [6.07, 6.45) is 6.35. The maximum absolute atomic E-state index is 12.5. The highest BCUT2D eigenvalue weighted by atomic mass is 16.3. The molecule has 160 valence electrons. The average Bonchev–Trinajstić information content (AvgIpc) is 3.57. The topological polar surface area (TPSA) is 113 Å². The summed E-state index contributed by atoms with van der Waals surface area (Å²) in [7, 11) is 0. The number of amides is 2. The molecule has 3 aromatic heterocycles. The van der Waals surface area contributed by atoms with Crippen molar-refractivity contribution in [2.45, 2.75) is 19.6 Å². The minimum atomic E-state index is -0.503. The average molecular weight is 428 g/mol. The molecular formula is C24H20N4O4. The predicted molar refractivity (Wildman–Crippen MR) is 117 cm³/mol. The smallest absolute Gasteiger partial charge is 0.262 e. The minimum Gasteiger partial charge on any atom is -0.467 e. The van der Waals surface area contributed by atoms with Crippen molar-refractivity contribution in [2.24, 2.45) is 0 Å². The van der Waals surface area contributed by atoms with Crippen LogP contribution in [0.1, 0.15) is 17.1 Å². The first-order valence-corrected chi connectivity index (χ1v) is 9.93. The Kier molecular flexibility index (Phi) is 6.18. The van der Waals surface area contributed by atoms with E-state index in [2.05, 4.69) is 10.6 Å². The number of hydrogen-bond acceptors (Lipinski definition) is 5. The van der Waals surface area contributed by atoms with Gasteiger partial charge >= 0.3 is 0 Å². The number of carbonyl (C=O) groups is 2. The van der Waals surface area contributed by atoms with Crippen LogP contribution in [0.25, 0.3) is 17.0 Å². The second-order valence-corrected chi connectivity index (χ2v) is 7.02. The van der Waals surface area contributed by atoms with Gasteiger partial charge < -0.3 is 24.0 Å². The number of fused-ring (bicyclic) bond motifs is 1.